The number of aliphatic hydroxyl groups is 1. The number of ether oxygens (including phenoxy) is 1. The van der Waals surface area contributed by atoms with Gasteiger partial charge in [0.15, 0.2) is 0 Å². The molecule has 2 unspecified atom stereocenters. The van der Waals surface area contributed by atoms with Crippen LogP contribution in [0.25, 0.3) is 0 Å². The van der Waals surface area contributed by atoms with Gasteiger partial charge in [0.05, 0.1) is 6.04 Å². The third kappa shape index (κ3) is 4.62. The van der Waals surface area contributed by atoms with Gasteiger partial charge >= 0.3 is 12.3 Å². The summed E-state index contributed by atoms with van der Waals surface area (Å²) in [5.74, 6) is -1.42. The van der Waals surface area contributed by atoms with Crippen LogP contribution in [0.2, 0.25) is 5.02 Å². The van der Waals surface area contributed by atoms with Crippen molar-refractivity contribution >= 4 is 23.6 Å². The molecule has 2 aliphatic heterocycles. The molecule has 172 valence electrons. The minimum absolute atomic E-state index is 0.104. The van der Waals surface area contributed by atoms with E-state index in [4.69, 9.17) is 16.3 Å². The Morgan fingerprint density at radius 3 is 2.39 bits per heavy atom. The molecule has 1 N–H and O–H groups in total. The maximum absolute atomic E-state index is 13.2. The Hall–Kier alpha value is -2.00. The molecule has 0 aromatic heterocycles. The molecule has 10 heteroatoms. The van der Waals surface area contributed by atoms with Gasteiger partial charge in [0.1, 0.15) is 5.60 Å². The van der Waals surface area contributed by atoms with Crippen molar-refractivity contribution in [3.05, 3.63) is 33.8 Å². The van der Waals surface area contributed by atoms with E-state index < -0.39 is 29.4 Å². The number of alkyl halides is 3. The van der Waals surface area contributed by atoms with Crippen molar-refractivity contribution in [2.45, 2.75) is 77.0 Å². The van der Waals surface area contributed by atoms with Crippen LogP contribution >= 0.6 is 11.6 Å². The highest BCUT2D eigenvalue weighted by Gasteiger charge is 2.57. The lowest BCUT2D eigenvalue weighted by Crippen LogP contribution is -2.54. The smallest absolute Gasteiger partial charge is 0.426 e. The van der Waals surface area contributed by atoms with Crippen LogP contribution in [0.3, 0.4) is 0 Å². The first kappa shape index (κ1) is 23.7. The zero-order chi connectivity index (χ0) is 23.4. The highest BCUT2D eigenvalue weighted by Crippen LogP contribution is 2.41. The third-order valence-corrected chi connectivity index (χ3v) is 5.77. The molecule has 31 heavy (non-hydrogen) atoms. The summed E-state index contributed by atoms with van der Waals surface area (Å²) in [6, 6.07) is 2.92. The number of carbonyl (C=O) groups excluding carboxylic acids is 2. The van der Waals surface area contributed by atoms with E-state index in [2.05, 4.69) is 0 Å². The minimum Gasteiger partial charge on any atom is -0.444 e. The van der Waals surface area contributed by atoms with E-state index in [9.17, 15) is 27.9 Å². The summed E-state index contributed by atoms with van der Waals surface area (Å²) >= 11 is 6.26. The molecule has 1 aromatic carbocycles. The van der Waals surface area contributed by atoms with Gasteiger partial charge < -0.3 is 19.6 Å². The second-order valence-electron chi connectivity index (χ2n) is 9.20. The standard InChI is InChI=1S/C21H26ClF3N2O4/c1-19(2,3)31-18(29)27-7-5-6-16(27)14-9-13(22)8-12-10-26(11-15(12)14)17(28)20(4,30)21(23,24)25/h8-9,16,30H,5-7,10-11H2,1-4H3. The Labute approximate surface area is 183 Å². The molecule has 0 radical (unpaired) electrons. The van der Waals surface area contributed by atoms with Gasteiger partial charge in [-0.05, 0) is 69.4 Å². The number of nitrogens with zero attached hydrogens (tertiary/aromatic N) is 2. The third-order valence-electron chi connectivity index (χ3n) is 5.55. The zero-order valence-electron chi connectivity index (χ0n) is 17.8. The van der Waals surface area contributed by atoms with E-state index in [0.717, 1.165) is 11.3 Å². The van der Waals surface area contributed by atoms with Crippen molar-refractivity contribution in [3.63, 3.8) is 0 Å². The van der Waals surface area contributed by atoms with Gasteiger partial charge in [-0.15, -0.1) is 0 Å². The van der Waals surface area contributed by atoms with Crippen LogP contribution in [0, 0.1) is 0 Å². The predicted molar refractivity (Wildman–Crippen MR) is 107 cm³/mol. The second kappa shape index (κ2) is 7.85. The number of carbonyl (C=O) groups is 2. The van der Waals surface area contributed by atoms with E-state index >= 15 is 0 Å². The number of amides is 2. The van der Waals surface area contributed by atoms with Gasteiger partial charge in [-0.3, -0.25) is 4.79 Å². The van der Waals surface area contributed by atoms with Crippen molar-refractivity contribution in [2.75, 3.05) is 6.54 Å². The number of benzene rings is 1. The van der Waals surface area contributed by atoms with E-state index in [0.29, 0.717) is 41.6 Å². The Morgan fingerprint density at radius 1 is 1.16 bits per heavy atom. The second-order valence-corrected chi connectivity index (χ2v) is 9.63. The molecule has 0 bridgehead atoms. The van der Waals surface area contributed by atoms with Gasteiger partial charge in [0, 0.05) is 24.7 Å². The Balaban J connectivity index is 1.91. The lowest BCUT2D eigenvalue weighted by atomic mass is 9.96. The Morgan fingerprint density at radius 2 is 1.81 bits per heavy atom. The van der Waals surface area contributed by atoms with Crippen molar-refractivity contribution in [3.8, 4) is 0 Å². The average molecular weight is 463 g/mol. The first-order chi connectivity index (χ1) is 14.1. The fraction of sp³-hybridized carbons (Fsp3) is 0.619. The molecular weight excluding hydrogens is 437 g/mol. The van der Waals surface area contributed by atoms with Crippen LogP contribution in [0.5, 0.6) is 0 Å². The van der Waals surface area contributed by atoms with E-state index in [1.165, 1.54) is 0 Å². The molecule has 1 fully saturated rings. The van der Waals surface area contributed by atoms with Crippen LogP contribution in [-0.2, 0) is 22.6 Å². The largest absolute Gasteiger partial charge is 0.444 e. The van der Waals surface area contributed by atoms with Crippen LogP contribution < -0.4 is 0 Å². The monoisotopic (exact) mass is 462 g/mol. The number of fused-ring (bicyclic) bond motifs is 1. The summed E-state index contributed by atoms with van der Waals surface area (Å²) in [4.78, 5) is 27.7. The Bertz CT molecular complexity index is 896. The molecule has 0 spiro atoms. The highest BCUT2D eigenvalue weighted by molar-refractivity contribution is 6.30. The van der Waals surface area contributed by atoms with Gasteiger partial charge in [-0.2, -0.15) is 13.2 Å². The maximum atomic E-state index is 13.2. The maximum Gasteiger partial charge on any atom is 0.426 e. The summed E-state index contributed by atoms with van der Waals surface area (Å²) in [6.45, 7) is 6.02. The average Bonchev–Trinajstić information content (AvgIpc) is 3.24. The summed E-state index contributed by atoms with van der Waals surface area (Å²) < 4.78 is 45.0. The molecule has 2 aliphatic rings. The van der Waals surface area contributed by atoms with Gasteiger partial charge in [0.25, 0.3) is 5.91 Å². The lowest BCUT2D eigenvalue weighted by molar-refractivity contribution is -0.250. The lowest BCUT2D eigenvalue weighted by Gasteiger charge is -2.30. The molecule has 2 amide bonds. The quantitative estimate of drug-likeness (QED) is 0.699. The highest BCUT2D eigenvalue weighted by atomic mass is 35.5. The molecular formula is C21H26ClF3N2O4. The van der Waals surface area contributed by atoms with Crippen LogP contribution in [0.4, 0.5) is 18.0 Å². The zero-order valence-corrected chi connectivity index (χ0v) is 18.6. The summed E-state index contributed by atoms with van der Waals surface area (Å²) in [7, 11) is 0. The molecule has 6 nitrogen and oxygen atoms in total. The number of hydrogen-bond donors (Lipinski definition) is 1. The number of rotatable bonds is 2. The number of hydrogen-bond acceptors (Lipinski definition) is 4. The fourth-order valence-corrected chi connectivity index (χ4v) is 4.25. The van der Waals surface area contributed by atoms with Gasteiger partial charge in [-0.1, -0.05) is 11.6 Å². The minimum atomic E-state index is -5.10. The van der Waals surface area contributed by atoms with E-state index in [-0.39, 0.29) is 19.1 Å². The molecule has 3 rings (SSSR count). The topological polar surface area (TPSA) is 70.1 Å². The molecule has 0 saturated carbocycles. The van der Waals surface area contributed by atoms with E-state index in [1.807, 2.05) is 0 Å². The van der Waals surface area contributed by atoms with Crippen LogP contribution in [0.15, 0.2) is 12.1 Å². The van der Waals surface area contributed by atoms with Crippen molar-refractivity contribution in [1.82, 2.24) is 9.80 Å². The van der Waals surface area contributed by atoms with Crippen LogP contribution in [0.1, 0.15) is 63.3 Å². The molecule has 1 aromatic rings. The van der Waals surface area contributed by atoms with Crippen LogP contribution in [-0.4, -0.2) is 50.8 Å². The molecule has 1 saturated heterocycles. The summed E-state index contributed by atoms with van der Waals surface area (Å²) in [6.07, 6.45) is -4.20. The van der Waals surface area contributed by atoms with Crippen molar-refractivity contribution < 1.29 is 32.6 Å². The fourth-order valence-electron chi connectivity index (χ4n) is 4.00. The molecule has 2 heterocycles. The number of likely N-dealkylation sites (tertiary alicyclic amines) is 1. The van der Waals surface area contributed by atoms with Gasteiger partial charge in [0.2, 0.25) is 5.60 Å². The van der Waals surface area contributed by atoms with Gasteiger partial charge in [-0.25, -0.2) is 4.79 Å². The first-order valence-corrected chi connectivity index (χ1v) is 10.4. The van der Waals surface area contributed by atoms with E-state index in [1.54, 1.807) is 37.8 Å². The molecule has 2 atom stereocenters. The predicted octanol–water partition coefficient (Wildman–Crippen LogP) is 4.57. The molecule has 0 aliphatic carbocycles. The first-order valence-electron chi connectivity index (χ1n) is 10.0. The normalized spacial score (nSPS) is 21.1. The van der Waals surface area contributed by atoms with Crippen molar-refractivity contribution in [1.29, 1.82) is 0 Å². The Kier molecular flexibility index (Phi) is 5.99. The summed E-state index contributed by atoms with van der Waals surface area (Å²) in [5, 5.41) is 10.2. The summed E-state index contributed by atoms with van der Waals surface area (Å²) in [5.41, 5.74) is -2.23. The van der Waals surface area contributed by atoms with Crippen molar-refractivity contribution in [2.24, 2.45) is 0 Å². The number of halogens is 4. The SMILES string of the molecule is CC(C)(C)OC(=O)N1CCCC1c1cc(Cl)cc2c1CN(C(=O)C(C)(O)C(F)(F)F)C2.